The van der Waals surface area contributed by atoms with Gasteiger partial charge in [-0.25, -0.2) is 4.79 Å². The van der Waals surface area contributed by atoms with E-state index in [1.54, 1.807) is 0 Å². The van der Waals surface area contributed by atoms with Gasteiger partial charge in [0.1, 0.15) is 12.1 Å². The van der Waals surface area contributed by atoms with Crippen molar-refractivity contribution in [3.63, 3.8) is 0 Å². The topological polar surface area (TPSA) is 96.0 Å². The van der Waals surface area contributed by atoms with Crippen LogP contribution >= 0.6 is 0 Å². The highest BCUT2D eigenvalue weighted by atomic mass is 16.5. The minimum atomic E-state index is -0.797. The molecule has 1 saturated carbocycles. The first-order valence-corrected chi connectivity index (χ1v) is 9.98. The van der Waals surface area contributed by atoms with Crippen LogP contribution in [0.1, 0.15) is 44.1 Å². The lowest BCUT2D eigenvalue weighted by atomic mass is 9.82. The van der Waals surface area contributed by atoms with Gasteiger partial charge < -0.3 is 15.0 Å². The zero-order valence-electron chi connectivity index (χ0n) is 16.7. The van der Waals surface area contributed by atoms with E-state index >= 15 is 0 Å². The number of imide groups is 1. The molecule has 1 N–H and O–H groups in total. The Hall–Kier alpha value is -2.90. The Labute approximate surface area is 170 Å². The van der Waals surface area contributed by atoms with Crippen molar-refractivity contribution in [2.24, 2.45) is 0 Å². The Kier molecular flexibility index (Phi) is 6.51. The van der Waals surface area contributed by atoms with Crippen LogP contribution in [0.3, 0.4) is 0 Å². The smallest absolute Gasteiger partial charge is 0.325 e. The number of benzene rings is 1. The van der Waals surface area contributed by atoms with Gasteiger partial charge in [0, 0.05) is 19.5 Å². The number of nitrogens with one attached hydrogen (secondary N) is 1. The summed E-state index contributed by atoms with van der Waals surface area (Å²) < 4.78 is 4.69. The molecule has 1 aliphatic carbocycles. The molecule has 1 saturated heterocycles. The van der Waals surface area contributed by atoms with E-state index in [0.717, 1.165) is 29.7 Å². The van der Waals surface area contributed by atoms with E-state index in [-0.39, 0.29) is 37.9 Å². The van der Waals surface area contributed by atoms with Crippen LogP contribution in [0.25, 0.3) is 0 Å². The van der Waals surface area contributed by atoms with Gasteiger partial charge in [-0.15, -0.1) is 0 Å². The van der Waals surface area contributed by atoms with Crippen molar-refractivity contribution in [2.45, 2.75) is 50.6 Å². The van der Waals surface area contributed by atoms with E-state index in [2.05, 4.69) is 5.32 Å². The maximum Gasteiger partial charge on any atom is 0.325 e. The van der Waals surface area contributed by atoms with Gasteiger partial charge in [-0.1, -0.05) is 49.6 Å². The van der Waals surface area contributed by atoms with Crippen LogP contribution in [-0.4, -0.2) is 59.4 Å². The second-order valence-corrected chi connectivity index (χ2v) is 7.59. The van der Waals surface area contributed by atoms with E-state index in [1.165, 1.54) is 12.0 Å². The van der Waals surface area contributed by atoms with Gasteiger partial charge in [-0.3, -0.25) is 19.3 Å². The molecule has 4 amide bonds. The number of methoxy groups -OCH3 is 1. The summed E-state index contributed by atoms with van der Waals surface area (Å²) in [6.07, 6.45) is 4.12. The van der Waals surface area contributed by atoms with Crippen molar-refractivity contribution in [1.29, 1.82) is 0 Å². The predicted molar refractivity (Wildman–Crippen MR) is 105 cm³/mol. The van der Waals surface area contributed by atoms with Crippen LogP contribution in [-0.2, 0) is 25.7 Å². The Bertz CT molecular complexity index is 774. The van der Waals surface area contributed by atoms with Crippen molar-refractivity contribution in [2.75, 3.05) is 20.2 Å². The summed E-state index contributed by atoms with van der Waals surface area (Å²) in [5.41, 5.74) is 0.0783. The highest BCUT2D eigenvalue weighted by Gasteiger charge is 2.51. The first-order valence-electron chi connectivity index (χ1n) is 9.98. The third-order valence-corrected chi connectivity index (χ3v) is 5.62. The van der Waals surface area contributed by atoms with E-state index in [9.17, 15) is 19.2 Å². The Morgan fingerprint density at radius 2 is 1.83 bits per heavy atom. The molecule has 1 aliphatic heterocycles. The van der Waals surface area contributed by atoms with Gasteiger partial charge in [0.15, 0.2) is 0 Å². The van der Waals surface area contributed by atoms with Gasteiger partial charge in [0.25, 0.3) is 5.91 Å². The lowest BCUT2D eigenvalue weighted by Crippen LogP contribution is -2.48. The average Bonchev–Trinajstić information content (AvgIpc) is 2.95. The summed E-state index contributed by atoms with van der Waals surface area (Å²) in [7, 11) is 1.27. The highest BCUT2D eigenvalue weighted by Crippen LogP contribution is 2.33. The molecule has 1 heterocycles. The first kappa shape index (κ1) is 20.8. The summed E-state index contributed by atoms with van der Waals surface area (Å²) in [5, 5.41) is 2.84. The van der Waals surface area contributed by atoms with Crippen LogP contribution in [0.15, 0.2) is 30.3 Å². The molecule has 0 bridgehead atoms. The second-order valence-electron chi connectivity index (χ2n) is 7.59. The summed E-state index contributed by atoms with van der Waals surface area (Å²) in [6.45, 7) is 0.0604. The third kappa shape index (κ3) is 4.75. The van der Waals surface area contributed by atoms with Crippen molar-refractivity contribution < 1.29 is 23.9 Å². The standard InChI is InChI=1S/C21H27N3O5/c1-29-18(26)15-23(14-16-8-4-2-5-9-16)17(25)10-13-24-19(27)21(22-20(24)28)11-6-3-7-12-21/h2,4-5,8-9H,3,6-7,10-15H2,1H3,(H,22,28). The van der Waals surface area contributed by atoms with Crippen LogP contribution in [0.5, 0.6) is 0 Å². The molecule has 1 aromatic rings. The molecule has 0 aromatic heterocycles. The van der Waals surface area contributed by atoms with E-state index in [0.29, 0.717) is 12.8 Å². The summed E-state index contributed by atoms with van der Waals surface area (Å²) in [6, 6.07) is 8.87. The zero-order valence-corrected chi connectivity index (χ0v) is 16.7. The van der Waals surface area contributed by atoms with Crippen LogP contribution in [0.2, 0.25) is 0 Å². The molecule has 2 aliphatic rings. The number of esters is 1. The lowest BCUT2D eigenvalue weighted by Gasteiger charge is -2.30. The molecule has 0 radical (unpaired) electrons. The maximum absolute atomic E-state index is 12.8. The molecular weight excluding hydrogens is 374 g/mol. The molecule has 0 unspecified atom stereocenters. The fourth-order valence-corrected chi connectivity index (χ4v) is 4.00. The predicted octanol–water partition coefficient (Wildman–Crippen LogP) is 1.83. The molecule has 3 rings (SSSR count). The largest absolute Gasteiger partial charge is 0.468 e. The number of hydrogen-bond acceptors (Lipinski definition) is 5. The fourth-order valence-electron chi connectivity index (χ4n) is 4.00. The van der Waals surface area contributed by atoms with Gasteiger partial charge in [-0.05, 0) is 18.4 Å². The van der Waals surface area contributed by atoms with Gasteiger partial charge in [0.2, 0.25) is 5.91 Å². The number of rotatable bonds is 7. The molecule has 0 atom stereocenters. The third-order valence-electron chi connectivity index (χ3n) is 5.62. The van der Waals surface area contributed by atoms with Crippen LogP contribution < -0.4 is 5.32 Å². The van der Waals surface area contributed by atoms with Crippen molar-refractivity contribution in [1.82, 2.24) is 15.1 Å². The highest BCUT2D eigenvalue weighted by molar-refractivity contribution is 6.07. The zero-order chi connectivity index (χ0) is 20.9. The molecule has 156 valence electrons. The Balaban J connectivity index is 1.63. The van der Waals surface area contributed by atoms with Gasteiger partial charge in [0.05, 0.1) is 7.11 Å². The number of ether oxygens (including phenoxy) is 1. The first-order chi connectivity index (χ1) is 13.9. The number of nitrogens with zero attached hydrogens (tertiary/aromatic N) is 2. The van der Waals surface area contributed by atoms with E-state index in [1.807, 2.05) is 30.3 Å². The molecular formula is C21H27N3O5. The second kappa shape index (κ2) is 9.07. The van der Waals surface area contributed by atoms with Crippen LogP contribution in [0, 0.1) is 0 Å². The molecule has 8 heteroatoms. The summed E-state index contributed by atoms with van der Waals surface area (Å²) in [4.78, 5) is 52.2. The monoisotopic (exact) mass is 401 g/mol. The number of amides is 4. The van der Waals surface area contributed by atoms with Gasteiger partial charge in [-0.2, -0.15) is 0 Å². The Morgan fingerprint density at radius 3 is 2.48 bits per heavy atom. The molecule has 2 fully saturated rings. The fraction of sp³-hybridized carbons (Fsp3) is 0.524. The lowest BCUT2D eigenvalue weighted by molar-refractivity contribution is -0.147. The minimum absolute atomic E-state index is 0.00227. The summed E-state index contributed by atoms with van der Waals surface area (Å²) in [5.74, 6) is -1.08. The average molecular weight is 401 g/mol. The van der Waals surface area contributed by atoms with E-state index < -0.39 is 17.5 Å². The minimum Gasteiger partial charge on any atom is -0.468 e. The van der Waals surface area contributed by atoms with Crippen LogP contribution in [0.4, 0.5) is 4.79 Å². The summed E-state index contributed by atoms with van der Waals surface area (Å²) >= 11 is 0. The van der Waals surface area contributed by atoms with Crippen molar-refractivity contribution in [3.05, 3.63) is 35.9 Å². The normalized spacial score (nSPS) is 17.9. The number of carbonyl (C=O) groups is 4. The van der Waals surface area contributed by atoms with Crippen molar-refractivity contribution >= 4 is 23.8 Å². The SMILES string of the molecule is COC(=O)CN(Cc1ccccc1)C(=O)CCN1C(=O)NC2(CCCCC2)C1=O. The van der Waals surface area contributed by atoms with Crippen molar-refractivity contribution in [3.8, 4) is 0 Å². The molecule has 1 aromatic carbocycles. The van der Waals surface area contributed by atoms with E-state index in [4.69, 9.17) is 4.74 Å². The quantitative estimate of drug-likeness (QED) is 0.556. The number of hydrogen-bond donors (Lipinski definition) is 1. The molecule has 29 heavy (non-hydrogen) atoms. The maximum atomic E-state index is 12.8. The molecule has 8 nitrogen and oxygen atoms in total. The van der Waals surface area contributed by atoms with Gasteiger partial charge >= 0.3 is 12.0 Å². The Morgan fingerprint density at radius 1 is 1.14 bits per heavy atom. The molecule has 1 spiro atoms. The number of urea groups is 1. The number of carbonyl (C=O) groups excluding carboxylic acids is 4.